The Bertz CT molecular complexity index is 186. The van der Waals surface area contributed by atoms with Crippen molar-refractivity contribution in [2.45, 2.75) is 45.3 Å². The number of hydrogen-bond donors (Lipinski definition) is 3. The van der Waals surface area contributed by atoms with Crippen LogP contribution in [0.25, 0.3) is 0 Å². The zero-order valence-corrected chi connectivity index (χ0v) is 11.9. The lowest BCUT2D eigenvalue weighted by Gasteiger charge is -2.26. The minimum Gasteiger partial charge on any atom is -0.389 e. The minimum absolute atomic E-state index is 0.288. The number of aliphatic hydroxyl groups is 2. The van der Waals surface area contributed by atoms with Gasteiger partial charge in [0.2, 0.25) is 0 Å². The van der Waals surface area contributed by atoms with E-state index in [2.05, 4.69) is 5.32 Å². The Morgan fingerprint density at radius 3 is 2.28 bits per heavy atom. The van der Waals surface area contributed by atoms with E-state index in [0.717, 1.165) is 0 Å². The van der Waals surface area contributed by atoms with Gasteiger partial charge in [0.05, 0.1) is 31.5 Å². The lowest BCUT2D eigenvalue weighted by molar-refractivity contribution is 0.000102. The molecule has 0 aliphatic carbocycles. The standard InChI is InChI=1S/C13H29NO4/c1-4-13(16,5-2)11-14-9-12(15)10-18-8-7-17-6-3/h12,14-16H,4-11H2,1-3H3. The molecule has 18 heavy (non-hydrogen) atoms. The number of ether oxygens (including phenoxy) is 2. The molecule has 0 bridgehead atoms. The quantitative estimate of drug-likeness (QED) is 0.448. The highest BCUT2D eigenvalue weighted by molar-refractivity contribution is 4.78. The summed E-state index contributed by atoms with van der Waals surface area (Å²) in [7, 11) is 0. The van der Waals surface area contributed by atoms with Crippen molar-refractivity contribution in [2.24, 2.45) is 0 Å². The van der Waals surface area contributed by atoms with Crippen molar-refractivity contribution in [1.29, 1.82) is 0 Å². The van der Waals surface area contributed by atoms with Gasteiger partial charge in [-0.1, -0.05) is 13.8 Å². The number of nitrogens with one attached hydrogen (secondary N) is 1. The van der Waals surface area contributed by atoms with Crippen LogP contribution < -0.4 is 5.32 Å². The Morgan fingerprint density at radius 2 is 1.72 bits per heavy atom. The lowest BCUT2D eigenvalue weighted by atomic mass is 9.97. The van der Waals surface area contributed by atoms with Gasteiger partial charge in [-0.25, -0.2) is 0 Å². The SMILES string of the molecule is CCOCCOCC(O)CNCC(O)(CC)CC. The van der Waals surface area contributed by atoms with E-state index >= 15 is 0 Å². The zero-order chi connectivity index (χ0) is 13.9. The normalized spacial score (nSPS) is 13.8. The van der Waals surface area contributed by atoms with Gasteiger partial charge < -0.3 is 25.0 Å². The molecule has 0 amide bonds. The largest absolute Gasteiger partial charge is 0.389 e. The van der Waals surface area contributed by atoms with E-state index in [1.807, 2.05) is 20.8 Å². The second-order valence-electron chi connectivity index (χ2n) is 4.49. The van der Waals surface area contributed by atoms with Crippen LogP contribution in [0.15, 0.2) is 0 Å². The molecular formula is C13H29NO4. The smallest absolute Gasteiger partial charge is 0.0897 e. The second kappa shape index (κ2) is 10.7. The lowest BCUT2D eigenvalue weighted by Crippen LogP contribution is -2.42. The van der Waals surface area contributed by atoms with E-state index in [9.17, 15) is 10.2 Å². The summed E-state index contributed by atoms with van der Waals surface area (Å²) < 4.78 is 10.4. The first kappa shape index (κ1) is 17.8. The summed E-state index contributed by atoms with van der Waals surface area (Å²) in [5.41, 5.74) is -0.671. The summed E-state index contributed by atoms with van der Waals surface area (Å²) in [6, 6.07) is 0. The highest BCUT2D eigenvalue weighted by Crippen LogP contribution is 2.12. The molecule has 0 aromatic rings. The molecule has 3 N–H and O–H groups in total. The molecule has 0 spiro atoms. The fourth-order valence-electron chi connectivity index (χ4n) is 1.51. The van der Waals surface area contributed by atoms with Gasteiger partial charge >= 0.3 is 0 Å². The van der Waals surface area contributed by atoms with Crippen molar-refractivity contribution in [2.75, 3.05) is 39.5 Å². The van der Waals surface area contributed by atoms with Gasteiger partial charge in [0, 0.05) is 19.7 Å². The van der Waals surface area contributed by atoms with Crippen LogP contribution in [0.1, 0.15) is 33.6 Å². The van der Waals surface area contributed by atoms with E-state index in [4.69, 9.17) is 9.47 Å². The Hall–Kier alpha value is -0.200. The molecule has 0 fully saturated rings. The molecule has 0 aromatic carbocycles. The van der Waals surface area contributed by atoms with Gasteiger partial charge in [-0.3, -0.25) is 0 Å². The molecule has 0 aliphatic heterocycles. The van der Waals surface area contributed by atoms with Crippen molar-refractivity contribution in [1.82, 2.24) is 5.32 Å². The molecule has 0 aliphatic rings. The monoisotopic (exact) mass is 263 g/mol. The van der Waals surface area contributed by atoms with Gasteiger partial charge in [-0.2, -0.15) is 0 Å². The summed E-state index contributed by atoms with van der Waals surface area (Å²) in [6.45, 7) is 8.79. The third-order valence-corrected chi connectivity index (χ3v) is 3.04. The Labute approximate surface area is 110 Å². The van der Waals surface area contributed by atoms with E-state index < -0.39 is 11.7 Å². The highest BCUT2D eigenvalue weighted by atomic mass is 16.5. The van der Waals surface area contributed by atoms with Gasteiger partial charge in [-0.05, 0) is 19.8 Å². The molecule has 5 nitrogen and oxygen atoms in total. The second-order valence-corrected chi connectivity index (χ2v) is 4.49. The van der Waals surface area contributed by atoms with E-state index in [-0.39, 0.29) is 6.61 Å². The van der Waals surface area contributed by atoms with Crippen LogP contribution in [0.5, 0.6) is 0 Å². The molecule has 0 saturated carbocycles. The Morgan fingerprint density at radius 1 is 1.11 bits per heavy atom. The third kappa shape index (κ3) is 8.83. The van der Waals surface area contributed by atoms with Crippen molar-refractivity contribution < 1.29 is 19.7 Å². The summed E-state index contributed by atoms with van der Waals surface area (Å²) >= 11 is 0. The first-order chi connectivity index (χ1) is 8.58. The van der Waals surface area contributed by atoms with Crippen LogP contribution in [-0.2, 0) is 9.47 Å². The van der Waals surface area contributed by atoms with Gasteiger partial charge in [0.15, 0.2) is 0 Å². The maximum atomic E-state index is 10.0. The van der Waals surface area contributed by atoms with Crippen LogP contribution in [0, 0.1) is 0 Å². The molecule has 1 unspecified atom stereocenters. The number of aliphatic hydroxyl groups excluding tert-OH is 1. The highest BCUT2D eigenvalue weighted by Gasteiger charge is 2.21. The molecule has 0 radical (unpaired) electrons. The summed E-state index contributed by atoms with van der Waals surface area (Å²) in [5, 5.41) is 22.7. The molecule has 1 atom stereocenters. The van der Waals surface area contributed by atoms with Crippen LogP contribution in [0.2, 0.25) is 0 Å². The van der Waals surface area contributed by atoms with Gasteiger partial charge in [0.25, 0.3) is 0 Å². The molecule has 0 saturated heterocycles. The van der Waals surface area contributed by atoms with Crippen molar-refractivity contribution in [3.05, 3.63) is 0 Å². The average molecular weight is 263 g/mol. The zero-order valence-electron chi connectivity index (χ0n) is 11.9. The summed E-state index contributed by atoms with van der Waals surface area (Å²) in [6.07, 6.45) is 0.860. The maximum Gasteiger partial charge on any atom is 0.0897 e. The molecular weight excluding hydrogens is 234 g/mol. The molecule has 0 aromatic heterocycles. The predicted octanol–water partition coefficient (Wildman–Crippen LogP) is 0.541. The van der Waals surface area contributed by atoms with Crippen molar-refractivity contribution in [3.8, 4) is 0 Å². The first-order valence-electron chi connectivity index (χ1n) is 6.84. The molecule has 0 heterocycles. The summed E-state index contributed by atoms with van der Waals surface area (Å²) in [5.74, 6) is 0. The Balaban J connectivity index is 3.49. The summed E-state index contributed by atoms with van der Waals surface area (Å²) in [4.78, 5) is 0. The third-order valence-electron chi connectivity index (χ3n) is 3.04. The average Bonchev–Trinajstić information content (AvgIpc) is 2.38. The minimum atomic E-state index is -0.671. The van der Waals surface area contributed by atoms with E-state index in [1.165, 1.54) is 0 Å². The maximum absolute atomic E-state index is 10.0. The number of rotatable bonds is 12. The van der Waals surface area contributed by atoms with E-state index in [1.54, 1.807) is 0 Å². The fraction of sp³-hybridized carbons (Fsp3) is 1.00. The van der Waals surface area contributed by atoms with Crippen LogP contribution in [-0.4, -0.2) is 61.4 Å². The fourth-order valence-corrected chi connectivity index (χ4v) is 1.51. The van der Waals surface area contributed by atoms with Crippen LogP contribution >= 0.6 is 0 Å². The molecule has 110 valence electrons. The first-order valence-corrected chi connectivity index (χ1v) is 6.84. The van der Waals surface area contributed by atoms with Gasteiger partial charge in [-0.15, -0.1) is 0 Å². The van der Waals surface area contributed by atoms with E-state index in [0.29, 0.717) is 45.8 Å². The Kier molecular flexibility index (Phi) is 10.6. The molecule has 0 rings (SSSR count). The molecule has 5 heteroatoms. The van der Waals surface area contributed by atoms with Crippen molar-refractivity contribution >= 4 is 0 Å². The van der Waals surface area contributed by atoms with Crippen LogP contribution in [0.3, 0.4) is 0 Å². The van der Waals surface area contributed by atoms with Crippen LogP contribution in [0.4, 0.5) is 0 Å². The predicted molar refractivity (Wildman–Crippen MR) is 71.7 cm³/mol. The number of hydrogen-bond acceptors (Lipinski definition) is 5. The van der Waals surface area contributed by atoms with Crippen molar-refractivity contribution in [3.63, 3.8) is 0 Å². The van der Waals surface area contributed by atoms with Gasteiger partial charge in [0.1, 0.15) is 0 Å². The topological polar surface area (TPSA) is 71.0 Å².